The molecule has 0 N–H and O–H groups in total. The summed E-state index contributed by atoms with van der Waals surface area (Å²) < 4.78 is 12.0. The van der Waals surface area contributed by atoms with E-state index in [1.807, 2.05) is 49.4 Å². The Hall–Kier alpha value is -2.49. The number of rotatable bonds is 6. The summed E-state index contributed by atoms with van der Waals surface area (Å²) in [4.78, 5) is 4.65. The van der Waals surface area contributed by atoms with Crippen LogP contribution in [0.3, 0.4) is 0 Å². The molecule has 0 amide bonds. The smallest absolute Gasteiger partial charge is 0.162 e. The van der Waals surface area contributed by atoms with Gasteiger partial charge in [0.15, 0.2) is 11.5 Å². The van der Waals surface area contributed by atoms with Crippen LogP contribution in [0.2, 0.25) is 10.0 Å². The van der Waals surface area contributed by atoms with E-state index in [1.165, 1.54) is 5.56 Å². The van der Waals surface area contributed by atoms with E-state index in [-0.39, 0.29) is 0 Å². The second kappa shape index (κ2) is 8.26. The molecule has 0 saturated heterocycles. The van der Waals surface area contributed by atoms with Gasteiger partial charge in [-0.05, 0) is 48.4 Å². The molecule has 3 nitrogen and oxygen atoms in total. The van der Waals surface area contributed by atoms with Gasteiger partial charge in [-0.1, -0.05) is 53.5 Å². The van der Waals surface area contributed by atoms with Crippen LogP contribution in [0.15, 0.2) is 65.7 Å². The number of aliphatic imine (C=N–C) groups is 1. The highest BCUT2D eigenvalue weighted by Gasteiger charge is 2.15. The van der Waals surface area contributed by atoms with Crippen molar-refractivity contribution in [2.24, 2.45) is 4.99 Å². The second-order valence-corrected chi connectivity index (χ2v) is 7.59. The standard InChI is InChI=1S/C23H19Cl2NO2/c1-15-6-9-22(27-13-17-7-8-18(24)12-20(17)25)23(10-15)28-14-19-11-16-4-2-3-5-21(16)26-19/h2-10,12H,11,13-14H2,1H3. The third-order valence-corrected chi connectivity index (χ3v) is 5.14. The molecule has 142 valence electrons. The summed E-state index contributed by atoms with van der Waals surface area (Å²) in [6, 6.07) is 19.4. The molecule has 4 rings (SSSR count). The molecule has 0 atom stereocenters. The van der Waals surface area contributed by atoms with Gasteiger partial charge in [0, 0.05) is 22.0 Å². The number of nitrogens with zero attached hydrogens (tertiary/aromatic N) is 1. The summed E-state index contributed by atoms with van der Waals surface area (Å²) in [6.45, 7) is 2.79. The van der Waals surface area contributed by atoms with E-state index in [9.17, 15) is 0 Å². The number of hydrogen-bond donors (Lipinski definition) is 0. The summed E-state index contributed by atoms with van der Waals surface area (Å²) in [6.07, 6.45) is 0.818. The number of para-hydroxylation sites is 1. The topological polar surface area (TPSA) is 30.8 Å². The predicted octanol–water partition coefficient (Wildman–Crippen LogP) is 6.59. The highest BCUT2D eigenvalue weighted by Crippen LogP contribution is 2.31. The molecule has 0 bridgehead atoms. The summed E-state index contributed by atoms with van der Waals surface area (Å²) in [7, 11) is 0. The monoisotopic (exact) mass is 411 g/mol. The molecule has 0 aromatic heterocycles. The molecule has 0 radical (unpaired) electrons. The Kier molecular flexibility index (Phi) is 5.56. The van der Waals surface area contributed by atoms with Crippen molar-refractivity contribution in [1.29, 1.82) is 0 Å². The van der Waals surface area contributed by atoms with Crippen molar-refractivity contribution in [2.45, 2.75) is 20.0 Å². The molecule has 0 spiro atoms. The van der Waals surface area contributed by atoms with Crippen LogP contribution in [0.1, 0.15) is 16.7 Å². The van der Waals surface area contributed by atoms with Crippen LogP contribution >= 0.6 is 23.2 Å². The third-order valence-electron chi connectivity index (χ3n) is 4.56. The molecule has 0 fully saturated rings. The van der Waals surface area contributed by atoms with E-state index in [0.717, 1.165) is 28.9 Å². The summed E-state index contributed by atoms with van der Waals surface area (Å²) >= 11 is 12.2. The Morgan fingerprint density at radius 2 is 1.71 bits per heavy atom. The number of benzene rings is 3. The lowest BCUT2D eigenvalue weighted by Crippen LogP contribution is -2.12. The van der Waals surface area contributed by atoms with Crippen LogP contribution in [0.4, 0.5) is 5.69 Å². The zero-order chi connectivity index (χ0) is 19.5. The largest absolute Gasteiger partial charge is 0.485 e. The van der Waals surface area contributed by atoms with E-state index in [4.69, 9.17) is 32.7 Å². The Morgan fingerprint density at radius 3 is 2.54 bits per heavy atom. The molecule has 3 aromatic carbocycles. The molecule has 28 heavy (non-hydrogen) atoms. The van der Waals surface area contributed by atoms with Crippen molar-refractivity contribution in [3.63, 3.8) is 0 Å². The maximum Gasteiger partial charge on any atom is 0.162 e. The van der Waals surface area contributed by atoms with Gasteiger partial charge in [0.05, 0.1) is 11.4 Å². The first kappa shape index (κ1) is 18.9. The average Bonchev–Trinajstić information content (AvgIpc) is 3.10. The Bertz CT molecular complexity index is 1050. The second-order valence-electron chi connectivity index (χ2n) is 6.75. The Balaban J connectivity index is 1.45. The summed E-state index contributed by atoms with van der Waals surface area (Å²) in [5, 5.41) is 1.19. The molecule has 5 heteroatoms. The van der Waals surface area contributed by atoms with E-state index >= 15 is 0 Å². The number of hydrogen-bond acceptors (Lipinski definition) is 3. The molecule has 1 heterocycles. The maximum atomic E-state index is 6.24. The Labute approximate surface area is 174 Å². The van der Waals surface area contributed by atoms with Crippen molar-refractivity contribution >= 4 is 34.6 Å². The molecular weight excluding hydrogens is 393 g/mol. The molecule has 3 aromatic rings. The SMILES string of the molecule is Cc1ccc(OCc2ccc(Cl)cc2Cl)c(OCC2=Nc3ccccc3C2)c1. The third kappa shape index (κ3) is 4.32. The van der Waals surface area contributed by atoms with Gasteiger partial charge in [-0.25, -0.2) is 0 Å². The highest BCUT2D eigenvalue weighted by molar-refractivity contribution is 6.35. The molecule has 1 aliphatic heterocycles. The average molecular weight is 412 g/mol. The van der Waals surface area contributed by atoms with Gasteiger partial charge in [-0.3, -0.25) is 4.99 Å². The normalized spacial score (nSPS) is 12.5. The van der Waals surface area contributed by atoms with Gasteiger partial charge in [-0.2, -0.15) is 0 Å². The number of ether oxygens (including phenoxy) is 2. The zero-order valence-electron chi connectivity index (χ0n) is 15.4. The first-order valence-corrected chi connectivity index (χ1v) is 9.78. The fraction of sp³-hybridized carbons (Fsp3) is 0.174. The lowest BCUT2D eigenvalue weighted by Gasteiger charge is -2.14. The summed E-state index contributed by atoms with van der Waals surface area (Å²) in [5.74, 6) is 1.37. The lowest BCUT2D eigenvalue weighted by atomic mass is 10.1. The van der Waals surface area contributed by atoms with Crippen LogP contribution in [0.5, 0.6) is 11.5 Å². The minimum atomic E-state index is 0.335. The van der Waals surface area contributed by atoms with Crippen LogP contribution in [0, 0.1) is 6.92 Å². The quantitative estimate of drug-likeness (QED) is 0.457. The summed E-state index contributed by atoms with van der Waals surface area (Å²) in [5.41, 5.74) is 5.24. The molecule has 0 unspecified atom stereocenters. The first-order valence-electron chi connectivity index (χ1n) is 9.03. The van der Waals surface area contributed by atoms with Crippen molar-refractivity contribution in [3.05, 3.63) is 87.4 Å². The zero-order valence-corrected chi connectivity index (χ0v) is 16.9. The number of aryl methyl sites for hydroxylation is 1. The van der Waals surface area contributed by atoms with Crippen LogP contribution < -0.4 is 9.47 Å². The minimum absolute atomic E-state index is 0.335. The molecular formula is C23H19Cl2NO2. The van der Waals surface area contributed by atoms with Crippen LogP contribution in [0.25, 0.3) is 0 Å². The molecule has 1 aliphatic rings. The first-order chi connectivity index (χ1) is 13.6. The molecule has 0 aliphatic carbocycles. The van der Waals surface area contributed by atoms with Crippen molar-refractivity contribution in [3.8, 4) is 11.5 Å². The van der Waals surface area contributed by atoms with Gasteiger partial charge >= 0.3 is 0 Å². The van der Waals surface area contributed by atoms with Crippen molar-refractivity contribution in [2.75, 3.05) is 6.61 Å². The van der Waals surface area contributed by atoms with E-state index in [0.29, 0.717) is 34.8 Å². The van der Waals surface area contributed by atoms with Gasteiger partial charge in [0.1, 0.15) is 13.2 Å². The number of halogens is 2. The van der Waals surface area contributed by atoms with Gasteiger partial charge < -0.3 is 9.47 Å². The van der Waals surface area contributed by atoms with Gasteiger partial charge in [0.2, 0.25) is 0 Å². The fourth-order valence-electron chi connectivity index (χ4n) is 3.09. The van der Waals surface area contributed by atoms with Crippen LogP contribution in [-0.4, -0.2) is 12.3 Å². The maximum absolute atomic E-state index is 6.24. The van der Waals surface area contributed by atoms with E-state index < -0.39 is 0 Å². The highest BCUT2D eigenvalue weighted by atomic mass is 35.5. The van der Waals surface area contributed by atoms with Crippen molar-refractivity contribution < 1.29 is 9.47 Å². The van der Waals surface area contributed by atoms with Gasteiger partial charge in [0.25, 0.3) is 0 Å². The fourth-order valence-corrected chi connectivity index (χ4v) is 3.55. The lowest BCUT2D eigenvalue weighted by molar-refractivity contribution is 0.278. The van der Waals surface area contributed by atoms with E-state index in [1.54, 1.807) is 12.1 Å². The van der Waals surface area contributed by atoms with E-state index in [2.05, 4.69) is 11.1 Å². The number of fused-ring (bicyclic) bond motifs is 1. The van der Waals surface area contributed by atoms with Gasteiger partial charge in [-0.15, -0.1) is 0 Å². The van der Waals surface area contributed by atoms with Crippen LogP contribution in [-0.2, 0) is 13.0 Å². The minimum Gasteiger partial charge on any atom is -0.485 e. The molecule has 0 saturated carbocycles. The van der Waals surface area contributed by atoms with Crippen molar-refractivity contribution in [1.82, 2.24) is 0 Å². The predicted molar refractivity (Wildman–Crippen MR) is 115 cm³/mol. The Morgan fingerprint density at radius 1 is 0.893 bits per heavy atom.